The zero-order valence-electron chi connectivity index (χ0n) is 18.2. The molecular formula is C29H24N2O. The van der Waals surface area contributed by atoms with Crippen molar-refractivity contribution in [2.45, 2.75) is 11.3 Å². The van der Waals surface area contributed by atoms with Gasteiger partial charge in [-0.05, 0) is 46.5 Å². The first-order valence-electron chi connectivity index (χ1n) is 11.0. The van der Waals surface area contributed by atoms with Gasteiger partial charge >= 0.3 is 0 Å². The van der Waals surface area contributed by atoms with Gasteiger partial charge in [0.25, 0.3) is 0 Å². The first-order valence-corrected chi connectivity index (χ1v) is 11.0. The highest BCUT2D eigenvalue weighted by Crippen LogP contribution is 2.59. The second kappa shape index (κ2) is 7.10. The molecule has 0 spiro atoms. The zero-order valence-corrected chi connectivity index (χ0v) is 18.2. The Kier molecular flexibility index (Phi) is 4.19. The number of rotatable bonds is 3. The molecule has 2 aliphatic heterocycles. The third-order valence-corrected chi connectivity index (χ3v) is 6.95. The first-order chi connectivity index (χ1) is 15.7. The maximum Gasteiger partial charge on any atom is 0.125 e. The SMILES string of the molecule is COc1ccc([C@H]2c3ccccc3N(C)C3=Nc4ccccc4[C@]32c2ccccc2)cc1. The van der Waals surface area contributed by atoms with Crippen LogP contribution in [-0.4, -0.2) is 20.0 Å². The highest BCUT2D eigenvalue weighted by atomic mass is 16.5. The lowest BCUT2D eigenvalue weighted by Crippen LogP contribution is -2.52. The summed E-state index contributed by atoms with van der Waals surface area (Å²) >= 11 is 0. The standard InChI is InChI=1S/C29H24N2O/c1-31-26-15-9-6-12-23(26)27(20-16-18-22(32-2)19-17-20)29(21-10-4-3-5-11-21)24-13-7-8-14-25(24)30-28(29)31/h3-19,27H,1-2H3/t27-,29-/m0/s1. The van der Waals surface area contributed by atoms with Crippen molar-refractivity contribution in [1.82, 2.24) is 0 Å². The number of aliphatic imine (C=N–C) groups is 1. The van der Waals surface area contributed by atoms with Gasteiger partial charge in [0.1, 0.15) is 11.6 Å². The molecule has 3 heteroatoms. The number of fused-ring (bicyclic) bond motifs is 4. The van der Waals surface area contributed by atoms with Crippen LogP contribution in [-0.2, 0) is 5.41 Å². The second-order valence-electron chi connectivity index (χ2n) is 8.45. The van der Waals surface area contributed by atoms with E-state index in [0.29, 0.717) is 0 Å². The normalized spacial score (nSPS) is 20.8. The van der Waals surface area contributed by atoms with E-state index in [-0.39, 0.29) is 5.92 Å². The van der Waals surface area contributed by atoms with E-state index in [1.807, 2.05) is 0 Å². The minimum absolute atomic E-state index is 0.0746. The van der Waals surface area contributed by atoms with Gasteiger partial charge in [-0.25, -0.2) is 4.99 Å². The molecule has 0 aliphatic carbocycles. The van der Waals surface area contributed by atoms with E-state index in [2.05, 4.69) is 115 Å². The van der Waals surface area contributed by atoms with Crippen molar-refractivity contribution < 1.29 is 4.74 Å². The average Bonchev–Trinajstić information content (AvgIpc) is 3.21. The number of amidine groups is 1. The smallest absolute Gasteiger partial charge is 0.125 e. The highest BCUT2D eigenvalue weighted by Gasteiger charge is 2.56. The van der Waals surface area contributed by atoms with Crippen molar-refractivity contribution in [2.75, 3.05) is 19.1 Å². The summed E-state index contributed by atoms with van der Waals surface area (Å²) in [6.45, 7) is 0. The molecule has 32 heavy (non-hydrogen) atoms. The van der Waals surface area contributed by atoms with Crippen LogP contribution in [0.1, 0.15) is 28.2 Å². The number of nitrogens with zero attached hydrogens (tertiary/aromatic N) is 2. The molecule has 0 fully saturated rings. The monoisotopic (exact) mass is 416 g/mol. The maximum atomic E-state index is 5.46. The van der Waals surface area contributed by atoms with Gasteiger partial charge in [-0.2, -0.15) is 0 Å². The van der Waals surface area contributed by atoms with Gasteiger partial charge in [-0.1, -0.05) is 78.9 Å². The summed E-state index contributed by atoms with van der Waals surface area (Å²) in [4.78, 5) is 7.51. The average molecular weight is 417 g/mol. The molecular weight excluding hydrogens is 392 g/mol. The largest absolute Gasteiger partial charge is 0.497 e. The van der Waals surface area contributed by atoms with Crippen LogP contribution in [0.2, 0.25) is 0 Å². The molecule has 6 rings (SSSR count). The van der Waals surface area contributed by atoms with E-state index in [4.69, 9.17) is 9.73 Å². The molecule has 156 valence electrons. The number of ether oxygens (including phenoxy) is 1. The van der Waals surface area contributed by atoms with E-state index in [0.717, 1.165) is 17.3 Å². The van der Waals surface area contributed by atoms with Crippen molar-refractivity contribution in [3.8, 4) is 5.75 Å². The zero-order chi connectivity index (χ0) is 21.7. The van der Waals surface area contributed by atoms with Crippen LogP contribution in [0.25, 0.3) is 0 Å². The Labute approximate surface area is 188 Å². The summed E-state index contributed by atoms with van der Waals surface area (Å²) in [5, 5.41) is 0. The second-order valence-corrected chi connectivity index (χ2v) is 8.45. The molecule has 0 aromatic heterocycles. The van der Waals surface area contributed by atoms with Crippen molar-refractivity contribution in [3.63, 3.8) is 0 Å². The molecule has 3 nitrogen and oxygen atoms in total. The molecule has 2 heterocycles. The van der Waals surface area contributed by atoms with Crippen LogP contribution in [0, 0.1) is 0 Å². The lowest BCUT2D eigenvalue weighted by atomic mass is 9.59. The Morgan fingerprint density at radius 2 is 1.47 bits per heavy atom. The fourth-order valence-corrected chi connectivity index (χ4v) is 5.61. The summed E-state index contributed by atoms with van der Waals surface area (Å²) in [5.74, 6) is 2.01. The van der Waals surface area contributed by atoms with E-state index in [9.17, 15) is 0 Å². The van der Waals surface area contributed by atoms with E-state index in [1.54, 1.807) is 7.11 Å². The highest BCUT2D eigenvalue weighted by molar-refractivity contribution is 6.15. The third kappa shape index (κ3) is 2.45. The molecule has 0 N–H and O–H groups in total. The molecule has 4 aromatic carbocycles. The molecule has 0 saturated carbocycles. The lowest BCUT2D eigenvalue weighted by Gasteiger charge is -2.48. The number of hydrogen-bond donors (Lipinski definition) is 0. The maximum absolute atomic E-state index is 5.46. The van der Waals surface area contributed by atoms with Gasteiger partial charge in [0.15, 0.2) is 0 Å². The van der Waals surface area contributed by atoms with Crippen LogP contribution in [0.5, 0.6) is 5.75 Å². The molecule has 0 saturated heterocycles. The van der Waals surface area contributed by atoms with Crippen LogP contribution < -0.4 is 9.64 Å². The Hall–Kier alpha value is -3.85. The van der Waals surface area contributed by atoms with E-state index in [1.165, 1.54) is 27.9 Å². The van der Waals surface area contributed by atoms with E-state index < -0.39 is 5.41 Å². The number of likely N-dealkylation sites (N-methyl/N-ethyl adjacent to an activating group) is 1. The fourth-order valence-electron chi connectivity index (χ4n) is 5.61. The predicted octanol–water partition coefficient (Wildman–Crippen LogP) is 6.31. The van der Waals surface area contributed by atoms with Gasteiger partial charge in [-0.15, -0.1) is 0 Å². The molecule has 2 aliphatic rings. The van der Waals surface area contributed by atoms with Crippen molar-refractivity contribution in [3.05, 3.63) is 125 Å². The summed E-state index contributed by atoms with van der Waals surface area (Å²) in [6, 6.07) is 36.7. The number of para-hydroxylation sites is 2. The van der Waals surface area contributed by atoms with Gasteiger partial charge in [0.05, 0.1) is 18.2 Å². The van der Waals surface area contributed by atoms with Gasteiger partial charge in [0, 0.05) is 18.7 Å². The predicted molar refractivity (Wildman–Crippen MR) is 130 cm³/mol. The number of methoxy groups -OCH3 is 1. The topological polar surface area (TPSA) is 24.8 Å². The van der Waals surface area contributed by atoms with Crippen molar-refractivity contribution in [2.24, 2.45) is 4.99 Å². The number of hydrogen-bond acceptors (Lipinski definition) is 3. The lowest BCUT2D eigenvalue weighted by molar-refractivity contribution is 0.414. The minimum Gasteiger partial charge on any atom is -0.497 e. The van der Waals surface area contributed by atoms with Crippen LogP contribution in [0.4, 0.5) is 11.4 Å². The van der Waals surface area contributed by atoms with Crippen LogP contribution >= 0.6 is 0 Å². The molecule has 0 bridgehead atoms. The Bertz CT molecular complexity index is 1330. The molecule has 0 radical (unpaired) electrons. The fraction of sp³-hybridized carbons (Fsp3) is 0.138. The Balaban J connectivity index is 1.74. The van der Waals surface area contributed by atoms with Crippen molar-refractivity contribution >= 4 is 17.2 Å². The minimum atomic E-state index is -0.421. The summed E-state index contributed by atoms with van der Waals surface area (Å²) in [6.07, 6.45) is 0. The Morgan fingerprint density at radius 3 is 2.25 bits per heavy atom. The molecule has 0 amide bonds. The van der Waals surface area contributed by atoms with Gasteiger partial charge in [-0.3, -0.25) is 0 Å². The summed E-state index contributed by atoms with van der Waals surface area (Å²) < 4.78 is 5.46. The van der Waals surface area contributed by atoms with Crippen LogP contribution in [0.3, 0.4) is 0 Å². The quantitative estimate of drug-likeness (QED) is 0.391. The Morgan fingerprint density at radius 1 is 0.781 bits per heavy atom. The third-order valence-electron chi connectivity index (χ3n) is 6.95. The summed E-state index contributed by atoms with van der Waals surface area (Å²) in [5.41, 5.74) is 6.89. The number of anilines is 1. The molecule has 0 unspecified atom stereocenters. The van der Waals surface area contributed by atoms with Gasteiger partial charge < -0.3 is 9.64 Å². The van der Waals surface area contributed by atoms with E-state index >= 15 is 0 Å². The van der Waals surface area contributed by atoms with Crippen molar-refractivity contribution in [1.29, 1.82) is 0 Å². The first kappa shape index (κ1) is 18.9. The van der Waals surface area contributed by atoms with Gasteiger partial charge in [0.2, 0.25) is 0 Å². The molecule has 4 aromatic rings. The van der Waals surface area contributed by atoms with Crippen LogP contribution in [0.15, 0.2) is 108 Å². The summed E-state index contributed by atoms with van der Waals surface area (Å²) in [7, 11) is 3.86. The molecule has 2 atom stereocenters. The number of benzene rings is 4.